The number of halogens is 1. The van der Waals surface area contributed by atoms with Gasteiger partial charge in [-0.2, -0.15) is 10.4 Å². The number of carbonyl (C=O) groups is 2. The Bertz CT molecular complexity index is 1170. The molecule has 3 aromatic rings. The second kappa shape index (κ2) is 10.2. The lowest BCUT2D eigenvalue weighted by atomic mass is 10.1. The number of hydrogen-bond donors (Lipinski definition) is 2. The van der Waals surface area contributed by atoms with E-state index in [-0.39, 0.29) is 11.1 Å². The summed E-state index contributed by atoms with van der Waals surface area (Å²) < 4.78 is 5.75. The van der Waals surface area contributed by atoms with Gasteiger partial charge in [0.1, 0.15) is 16.6 Å². The van der Waals surface area contributed by atoms with Gasteiger partial charge in [0, 0.05) is 20.5 Å². The molecule has 1 aromatic carbocycles. The van der Waals surface area contributed by atoms with Crippen molar-refractivity contribution >= 4 is 50.2 Å². The Labute approximate surface area is 191 Å². The molecule has 7 nitrogen and oxygen atoms in total. The molecule has 0 aliphatic heterocycles. The van der Waals surface area contributed by atoms with Crippen molar-refractivity contribution in [1.29, 1.82) is 5.26 Å². The van der Waals surface area contributed by atoms with E-state index < -0.39 is 11.9 Å². The number of hydrogen-bond acceptors (Lipinski definition) is 6. The summed E-state index contributed by atoms with van der Waals surface area (Å²) in [6.07, 6.45) is 4.69. The Morgan fingerprint density at radius 2 is 2.10 bits per heavy atom. The van der Waals surface area contributed by atoms with Crippen LogP contribution in [-0.4, -0.2) is 29.2 Å². The Kier molecular flexibility index (Phi) is 7.39. The molecule has 0 radical (unpaired) electrons. The number of ether oxygens (including phenoxy) is 1. The van der Waals surface area contributed by atoms with Crippen LogP contribution < -0.4 is 5.32 Å². The number of thiophene rings is 1. The van der Waals surface area contributed by atoms with Gasteiger partial charge in [-0.15, -0.1) is 11.3 Å². The molecule has 2 heterocycles. The number of anilines is 1. The first-order valence-electron chi connectivity index (χ1n) is 9.40. The summed E-state index contributed by atoms with van der Waals surface area (Å²) in [4.78, 5) is 25.9. The first kappa shape index (κ1) is 22.5. The van der Waals surface area contributed by atoms with Gasteiger partial charge < -0.3 is 10.1 Å². The molecule has 0 spiro atoms. The second-order valence-corrected chi connectivity index (χ2v) is 8.58. The third kappa shape index (κ3) is 5.29. The highest BCUT2D eigenvalue weighted by molar-refractivity contribution is 9.10. The number of benzene rings is 1. The van der Waals surface area contributed by atoms with E-state index in [0.29, 0.717) is 16.3 Å². The topological polar surface area (TPSA) is 108 Å². The number of rotatable bonds is 7. The molecular formula is C22H19BrN4O3S. The van der Waals surface area contributed by atoms with Gasteiger partial charge in [-0.05, 0) is 30.7 Å². The van der Waals surface area contributed by atoms with E-state index in [0.717, 1.165) is 27.8 Å². The maximum Gasteiger partial charge on any atom is 0.340 e. The van der Waals surface area contributed by atoms with Gasteiger partial charge in [-0.25, -0.2) is 4.79 Å². The fraction of sp³-hybridized carbons (Fsp3) is 0.182. The fourth-order valence-electron chi connectivity index (χ4n) is 2.89. The lowest BCUT2D eigenvalue weighted by Gasteiger charge is -2.05. The number of aromatic amines is 1. The summed E-state index contributed by atoms with van der Waals surface area (Å²) in [7, 11) is 1.29. The molecule has 0 saturated carbocycles. The number of H-pyrrole nitrogens is 1. The van der Waals surface area contributed by atoms with Crippen LogP contribution in [-0.2, 0) is 16.0 Å². The molecule has 2 N–H and O–H groups in total. The van der Waals surface area contributed by atoms with Gasteiger partial charge in [0.2, 0.25) is 0 Å². The Balaban J connectivity index is 1.89. The van der Waals surface area contributed by atoms with Gasteiger partial charge in [0.15, 0.2) is 0 Å². The van der Waals surface area contributed by atoms with Crippen molar-refractivity contribution in [2.45, 2.75) is 19.8 Å². The Hall–Kier alpha value is -3.22. The van der Waals surface area contributed by atoms with Crippen LogP contribution in [0.15, 0.2) is 46.6 Å². The summed E-state index contributed by atoms with van der Waals surface area (Å²) in [5.74, 6) is -1.15. The number of nitrogens with zero attached hydrogens (tertiary/aromatic N) is 2. The zero-order chi connectivity index (χ0) is 22.4. The number of amides is 1. The van der Waals surface area contributed by atoms with E-state index in [4.69, 9.17) is 4.74 Å². The van der Waals surface area contributed by atoms with E-state index in [2.05, 4.69) is 31.4 Å². The van der Waals surface area contributed by atoms with Crippen molar-refractivity contribution in [3.63, 3.8) is 0 Å². The van der Waals surface area contributed by atoms with Crippen LogP contribution >= 0.6 is 27.3 Å². The third-order valence-corrected chi connectivity index (χ3v) is 6.02. The molecule has 158 valence electrons. The van der Waals surface area contributed by atoms with Crippen LogP contribution in [0.25, 0.3) is 17.3 Å². The average molecular weight is 499 g/mol. The van der Waals surface area contributed by atoms with E-state index in [1.165, 1.54) is 24.5 Å². The lowest BCUT2D eigenvalue weighted by Crippen LogP contribution is -2.15. The Morgan fingerprint density at radius 1 is 1.35 bits per heavy atom. The predicted molar refractivity (Wildman–Crippen MR) is 124 cm³/mol. The summed E-state index contributed by atoms with van der Waals surface area (Å²) in [5, 5.41) is 19.6. The average Bonchev–Trinajstić information content (AvgIpc) is 3.39. The monoisotopic (exact) mass is 498 g/mol. The van der Waals surface area contributed by atoms with E-state index in [9.17, 15) is 14.9 Å². The molecule has 9 heteroatoms. The predicted octanol–water partition coefficient (Wildman–Crippen LogP) is 5.19. The number of aromatic nitrogens is 2. The van der Waals surface area contributed by atoms with Gasteiger partial charge in [0.25, 0.3) is 5.91 Å². The number of methoxy groups -OCH3 is 1. The summed E-state index contributed by atoms with van der Waals surface area (Å²) in [6.45, 7) is 2.03. The van der Waals surface area contributed by atoms with E-state index >= 15 is 0 Å². The summed E-state index contributed by atoms with van der Waals surface area (Å²) in [5.41, 5.74) is 2.31. The molecule has 0 aliphatic carbocycles. The first-order valence-corrected chi connectivity index (χ1v) is 11.0. The van der Waals surface area contributed by atoms with E-state index in [1.807, 2.05) is 37.3 Å². The van der Waals surface area contributed by atoms with Crippen molar-refractivity contribution in [3.8, 4) is 17.3 Å². The molecule has 0 atom stereocenters. The molecule has 2 aromatic heterocycles. The lowest BCUT2D eigenvalue weighted by molar-refractivity contribution is -0.112. The second-order valence-electron chi connectivity index (χ2n) is 6.53. The summed E-state index contributed by atoms with van der Waals surface area (Å²) in [6, 6.07) is 11.2. The van der Waals surface area contributed by atoms with Crippen LogP contribution in [0.4, 0.5) is 5.00 Å². The van der Waals surface area contributed by atoms with Crippen molar-refractivity contribution < 1.29 is 14.3 Å². The van der Waals surface area contributed by atoms with Crippen molar-refractivity contribution in [2.75, 3.05) is 12.4 Å². The van der Waals surface area contributed by atoms with Crippen LogP contribution in [0.1, 0.15) is 34.1 Å². The fourth-order valence-corrected chi connectivity index (χ4v) is 4.30. The number of esters is 1. The number of aryl methyl sites for hydroxylation is 1. The minimum atomic E-state index is -0.611. The number of carbonyl (C=O) groups excluding carboxylic acids is 2. The SMILES string of the molecule is CCCc1cc(C(=O)OC)c(NC(=O)/C(C#N)=C/c2cn[nH]c2-c2ccc(Br)cc2)s1. The molecule has 31 heavy (non-hydrogen) atoms. The van der Waals surface area contributed by atoms with Crippen molar-refractivity contribution in [3.05, 3.63) is 62.6 Å². The van der Waals surface area contributed by atoms with Crippen LogP contribution in [0.3, 0.4) is 0 Å². The minimum absolute atomic E-state index is 0.110. The number of nitriles is 1. The third-order valence-electron chi connectivity index (χ3n) is 4.38. The summed E-state index contributed by atoms with van der Waals surface area (Å²) >= 11 is 4.70. The maximum absolute atomic E-state index is 12.8. The van der Waals surface area contributed by atoms with Crippen molar-refractivity contribution in [2.24, 2.45) is 0 Å². The molecule has 0 bridgehead atoms. The molecule has 1 amide bonds. The van der Waals surface area contributed by atoms with E-state index in [1.54, 1.807) is 12.3 Å². The first-order chi connectivity index (χ1) is 15.0. The zero-order valence-corrected chi connectivity index (χ0v) is 19.3. The van der Waals surface area contributed by atoms with Gasteiger partial charge in [0.05, 0.1) is 24.6 Å². The normalized spacial score (nSPS) is 11.1. The van der Waals surface area contributed by atoms with Gasteiger partial charge in [-0.1, -0.05) is 41.4 Å². The maximum atomic E-state index is 12.8. The highest BCUT2D eigenvalue weighted by atomic mass is 79.9. The molecule has 0 aliphatic rings. The van der Waals surface area contributed by atoms with Crippen LogP contribution in [0.5, 0.6) is 0 Å². The van der Waals surface area contributed by atoms with Gasteiger partial charge in [-0.3, -0.25) is 9.89 Å². The minimum Gasteiger partial charge on any atom is -0.465 e. The molecule has 0 unspecified atom stereocenters. The van der Waals surface area contributed by atoms with Crippen molar-refractivity contribution in [1.82, 2.24) is 10.2 Å². The largest absolute Gasteiger partial charge is 0.465 e. The molecular weight excluding hydrogens is 480 g/mol. The Morgan fingerprint density at radius 3 is 2.74 bits per heavy atom. The van der Waals surface area contributed by atoms with Gasteiger partial charge >= 0.3 is 5.97 Å². The quantitative estimate of drug-likeness (QED) is 0.265. The molecule has 3 rings (SSSR count). The smallest absolute Gasteiger partial charge is 0.340 e. The van der Waals surface area contributed by atoms with Crippen LogP contribution in [0, 0.1) is 11.3 Å². The highest BCUT2D eigenvalue weighted by Crippen LogP contribution is 2.31. The van der Waals surface area contributed by atoms with Crippen LogP contribution in [0.2, 0.25) is 0 Å². The highest BCUT2D eigenvalue weighted by Gasteiger charge is 2.20. The zero-order valence-electron chi connectivity index (χ0n) is 16.9. The number of nitrogens with one attached hydrogen (secondary N) is 2. The standard InChI is InChI=1S/C22H19BrN4O3S/c1-3-4-17-10-18(22(29)30-2)21(31-17)26-20(28)14(11-24)9-15-12-25-27-19(15)13-5-7-16(23)8-6-13/h5-10,12H,3-4H2,1-2H3,(H,25,27)(H,26,28)/b14-9+. The molecule has 0 saturated heterocycles. The molecule has 0 fully saturated rings.